The van der Waals surface area contributed by atoms with Gasteiger partial charge in [-0.3, -0.25) is 9.59 Å². The minimum atomic E-state index is -0.755. The third kappa shape index (κ3) is 4.49. The highest BCUT2D eigenvalue weighted by Gasteiger charge is 2.45. The molecule has 2 aromatic carbocycles. The summed E-state index contributed by atoms with van der Waals surface area (Å²) in [7, 11) is 3.05. The Bertz CT molecular complexity index is 1220. The summed E-state index contributed by atoms with van der Waals surface area (Å²) in [6.45, 7) is 0.950. The molecule has 1 aliphatic rings. The standard InChI is InChI=1S/C25H24ClN3O5/c1-33-18-7-4-16(5-8-18)22-21(23(30)17-6-9-20(34-2)19(26)14-17)24(31)25(32)29(22)12-3-11-28-13-10-27-15-28/h4-10,13-15,22,30H,3,11-12H2,1-2H3. The third-order valence-corrected chi connectivity index (χ3v) is 6.07. The van der Waals surface area contributed by atoms with Crippen molar-refractivity contribution >= 4 is 29.1 Å². The molecule has 0 aliphatic carbocycles. The number of halogens is 1. The molecule has 176 valence electrons. The van der Waals surface area contributed by atoms with Gasteiger partial charge < -0.3 is 24.0 Å². The number of imidazole rings is 1. The zero-order valence-corrected chi connectivity index (χ0v) is 19.5. The number of benzene rings is 2. The molecule has 0 bridgehead atoms. The van der Waals surface area contributed by atoms with Crippen LogP contribution in [0.3, 0.4) is 0 Å². The fraction of sp³-hybridized carbons (Fsp3) is 0.240. The van der Waals surface area contributed by atoms with Gasteiger partial charge in [-0.05, 0) is 42.3 Å². The van der Waals surface area contributed by atoms with Crippen LogP contribution < -0.4 is 9.47 Å². The van der Waals surface area contributed by atoms with Crippen LogP contribution >= 0.6 is 11.6 Å². The van der Waals surface area contributed by atoms with E-state index in [0.717, 1.165) is 0 Å². The highest BCUT2D eigenvalue weighted by Crippen LogP contribution is 2.40. The first kappa shape index (κ1) is 23.4. The fourth-order valence-electron chi connectivity index (χ4n) is 4.06. The van der Waals surface area contributed by atoms with E-state index in [4.69, 9.17) is 21.1 Å². The Hall–Kier alpha value is -3.78. The number of hydrogen-bond acceptors (Lipinski definition) is 6. The molecule has 34 heavy (non-hydrogen) atoms. The van der Waals surface area contributed by atoms with Crippen LogP contribution in [0.25, 0.3) is 5.76 Å². The molecular formula is C25H24ClN3O5. The van der Waals surface area contributed by atoms with Crippen molar-refractivity contribution in [1.29, 1.82) is 0 Å². The van der Waals surface area contributed by atoms with Crippen molar-refractivity contribution in [3.63, 3.8) is 0 Å². The number of aliphatic hydroxyl groups is 1. The van der Waals surface area contributed by atoms with Crippen molar-refractivity contribution < 1.29 is 24.2 Å². The van der Waals surface area contributed by atoms with E-state index in [2.05, 4.69) is 4.98 Å². The van der Waals surface area contributed by atoms with E-state index in [-0.39, 0.29) is 16.4 Å². The second-order valence-corrected chi connectivity index (χ2v) is 8.18. The maximum absolute atomic E-state index is 13.1. The first-order valence-corrected chi connectivity index (χ1v) is 11.0. The lowest BCUT2D eigenvalue weighted by Crippen LogP contribution is -2.31. The van der Waals surface area contributed by atoms with Gasteiger partial charge in [0.1, 0.15) is 17.3 Å². The molecule has 1 N–H and O–H groups in total. The number of ketones is 1. The van der Waals surface area contributed by atoms with Gasteiger partial charge in [0, 0.05) is 31.0 Å². The maximum Gasteiger partial charge on any atom is 0.295 e. The smallest absolute Gasteiger partial charge is 0.295 e. The van der Waals surface area contributed by atoms with Gasteiger partial charge in [0.25, 0.3) is 11.7 Å². The topological polar surface area (TPSA) is 93.9 Å². The van der Waals surface area contributed by atoms with Gasteiger partial charge in [-0.2, -0.15) is 0 Å². The predicted octanol–water partition coefficient (Wildman–Crippen LogP) is 4.07. The van der Waals surface area contributed by atoms with E-state index in [0.29, 0.717) is 42.1 Å². The fourth-order valence-corrected chi connectivity index (χ4v) is 4.31. The third-order valence-electron chi connectivity index (χ3n) is 5.77. The number of Topliss-reactive ketones (excluding diaryl/α,β-unsaturated/α-hetero) is 1. The molecule has 0 saturated carbocycles. The number of aromatic nitrogens is 2. The zero-order chi connectivity index (χ0) is 24.2. The molecule has 1 unspecified atom stereocenters. The molecule has 0 radical (unpaired) electrons. The summed E-state index contributed by atoms with van der Waals surface area (Å²) in [5.41, 5.74) is 1.02. The molecule has 3 aromatic rings. The Kier molecular flexibility index (Phi) is 6.88. The van der Waals surface area contributed by atoms with E-state index in [1.54, 1.807) is 56.0 Å². The molecule has 1 aliphatic heterocycles. The number of ether oxygens (including phenoxy) is 2. The van der Waals surface area contributed by atoms with Crippen LogP contribution in [0, 0.1) is 0 Å². The van der Waals surface area contributed by atoms with Gasteiger partial charge >= 0.3 is 0 Å². The van der Waals surface area contributed by atoms with E-state index < -0.39 is 17.7 Å². The number of aliphatic hydroxyl groups excluding tert-OH is 1. The monoisotopic (exact) mass is 481 g/mol. The molecule has 1 saturated heterocycles. The van der Waals surface area contributed by atoms with Gasteiger partial charge in [-0.1, -0.05) is 23.7 Å². The molecule has 1 amide bonds. The number of carbonyl (C=O) groups excluding carboxylic acids is 2. The lowest BCUT2D eigenvalue weighted by Gasteiger charge is -2.25. The number of amides is 1. The zero-order valence-electron chi connectivity index (χ0n) is 18.8. The predicted molar refractivity (Wildman–Crippen MR) is 127 cm³/mol. The first-order valence-electron chi connectivity index (χ1n) is 10.7. The number of likely N-dealkylation sites (tertiary alicyclic amines) is 1. The Morgan fingerprint density at radius 2 is 1.85 bits per heavy atom. The first-order chi connectivity index (χ1) is 16.4. The lowest BCUT2D eigenvalue weighted by molar-refractivity contribution is -0.139. The van der Waals surface area contributed by atoms with E-state index in [1.807, 2.05) is 10.8 Å². The Balaban J connectivity index is 1.74. The van der Waals surface area contributed by atoms with Crippen molar-refractivity contribution in [3.05, 3.63) is 82.9 Å². The molecule has 1 fully saturated rings. The molecular weight excluding hydrogens is 458 g/mol. The summed E-state index contributed by atoms with van der Waals surface area (Å²) in [5.74, 6) is -0.617. The lowest BCUT2D eigenvalue weighted by atomic mass is 9.95. The van der Waals surface area contributed by atoms with Gasteiger partial charge in [0.05, 0.1) is 37.2 Å². The van der Waals surface area contributed by atoms with Crippen LogP contribution in [0.4, 0.5) is 0 Å². The number of hydrogen-bond donors (Lipinski definition) is 1. The van der Waals surface area contributed by atoms with Crippen LogP contribution in [0.2, 0.25) is 5.02 Å². The number of aryl methyl sites for hydroxylation is 1. The number of nitrogens with zero attached hydrogens (tertiary/aromatic N) is 3. The number of rotatable bonds is 8. The normalized spacial score (nSPS) is 17.3. The second kappa shape index (κ2) is 10.0. The summed E-state index contributed by atoms with van der Waals surface area (Å²) in [4.78, 5) is 31.7. The van der Waals surface area contributed by atoms with Gasteiger partial charge in [-0.25, -0.2) is 4.98 Å². The average Bonchev–Trinajstić information content (AvgIpc) is 3.46. The van der Waals surface area contributed by atoms with E-state index in [9.17, 15) is 14.7 Å². The van der Waals surface area contributed by atoms with Crippen molar-refractivity contribution in [3.8, 4) is 11.5 Å². The molecule has 1 atom stereocenters. The maximum atomic E-state index is 13.1. The molecule has 2 heterocycles. The van der Waals surface area contributed by atoms with E-state index >= 15 is 0 Å². The largest absolute Gasteiger partial charge is 0.507 e. The van der Waals surface area contributed by atoms with Crippen LogP contribution in [-0.2, 0) is 16.1 Å². The SMILES string of the molecule is COc1ccc(C2C(=C(O)c3ccc(OC)c(Cl)c3)C(=O)C(=O)N2CCCn2ccnc2)cc1. The minimum Gasteiger partial charge on any atom is -0.507 e. The Labute approximate surface area is 202 Å². The van der Waals surface area contributed by atoms with Gasteiger partial charge in [0.2, 0.25) is 0 Å². The molecule has 1 aromatic heterocycles. The van der Waals surface area contributed by atoms with Gasteiger partial charge in [0.15, 0.2) is 0 Å². The van der Waals surface area contributed by atoms with Crippen LogP contribution in [0.5, 0.6) is 11.5 Å². The van der Waals surface area contributed by atoms with Crippen LogP contribution in [0.15, 0.2) is 66.8 Å². The summed E-state index contributed by atoms with van der Waals surface area (Å²) >= 11 is 6.24. The highest BCUT2D eigenvalue weighted by atomic mass is 35.5. The van der Waals surface area contributed by atoms with Crippen LogP contribution in [-0.4, -0.2) is 52.0 Å². The number of carbonyl (C=O) groups is 2. The molecule has 0 spiro atoms. The summed E-state index contributed by atoms with van der Waals surface area (Å²) in [6, 6.07) is 11.0. The van der Waals surface area contributed by atoms with Crippen molar-refractivity contribution in [1.82, 2.24) is 14.5 Å². The van der Waals surface area contributed by atoms with Crippen molar-refractivity contribution in [2.24, 2.45) is 0 Å². The molecule has 9 heteroatoms. The number of methoxy groups -OCH3 is 2. The highest BCUT2D eigenvalue weighted by molar-refractivity contribution is 6.46. The molecule has 4 rings (SSSR count). The summed E-state index contributed by atoms with van der Waals surface area (Å²) in [6.07, 6.45) is 5.82. The Morgan fingerprint density at radius 3 is 2.47 bits per heavy atom. The summed E-state index contributed by atoms with van der Waals surface area (Å²) in [5, 5.41) is 11.4. The molecule has 8 nitrogen and oxygen atoms in total. The van der Waals surface area contributed by atoms with Crippen molar-refractivity contribution in [2.45, 2.75) is 19.0 Å². The average molecular weight is 482 g/mol. The Morgan fingerprint density at radius 1 is 1.09 bits per heavy atom. The summed E-state index contributed by atoms with van der Waals surface area (Å²) < 4.78 is 12.3. The van der Waals surface area contributed by atoms with Gasteiger partial charge in [-0.15, -0.1) is 0 Å². The quantitative estimate of drug-likeness (QED) is 0.296. The van der Waals surface area contributed by atoms with Crippen LogP contribution in [0.1, 0.15) is 23.6 Å². The minimum absolute atomic E-state index is 0.0130. The van der Waals surface area contributed by atoms with E-state index in [1.165, 1.54) is 18.1 Å². The second-order valence-electron chi connectivity index (χ2n) is 7.77. The van der Waals surface area contributed by atoms with Crippen molar-refractivity contribution in [2.75, 3.05) is 20.8 Å².